The van der Waals surface area contributed by atoms with E-state index in [0.29, 0.717) is 16.4 Å². The van der Waals surface area contributed by atoms with Gasteiger partial charge in [0.1, 0.15) is 0 Å². The second-order valence-corrected chi connectivity index (χ2v) is 9.11. The van der Waals surface area contributed by atoms with Crippen LogP contribution in [0.2, 0.25) is 5.02 Å². The molecule has 0 bridgehead atoms. The van der Waals surface area contributed by atoms with Gasteiger partial charge in [0.05, 0.1) is 16.3 Å². The molecule has 4 aromatic rings. The number of hydrogen-bond donors (Lipinski definition) is 1. The van der Waals surface area contributed by atoms with Crippen LogP contribution in [-0.2, 0) is 10.0 Å². The van der Waals surface area contributed by atoms with Crippen LogP contribution in [0.4, 0.5) is 0 Å². The summed E-state index contributed by atoms with van der Waals surface area (Å²) in [5.41, 5.74) is 5.20. The summed E-state index contributed by atoms with van der Waals surface area (Å²) in [6.07, 6.45) is 0. The van der Waals surface area contributed by atoms with E-state index in [9.17, 15) is 8.42 Å². The molecule has 30 heavy (non-hydrogen) atoms. The molecule has 7 heteroatoms. The SMILES string of the molecule is Cc1cccc(C)c1-c1cc(-c2ccc(Cl)cc2)n(NS(=O)(=O)c2ccccc2)n1. The van der Waals surface area contributed by atoms with Gasteiger partial charge < -0.3 is 0 Å². The van der Waals surface area contributed by atoms with E-state index in [1.807, 2.05) is 50.2 Å². The monoisotopic (exact) mass is 437 g/mol. The first kappa shape index (κ1) is 20.2. The average molecular weight is 438 g/mol. The van der Waals surface area contributed by atoms with Crippen LogP contribution in [-0.4, -0.2) is 18.3 Å². The number of nitrogens with zero attached hydrogens (tertiary/aromatic N) is 2. The number of hydrogen-bond acceptors (Lipinski definition) is 3. The summed E-state index contributed by atoms with van der Waals surface area (Å²) >= 11 is 6.03. The van der Waals surface area contributed by atoms with Crippen LogP contribution in [0, 0.1) is 13.8 Å². The van der Waals surface area contributed by atoms with Gasteiger partial charge in [-0.3, -0.25) is 0 Å². The topological polar surface area (TPSA) is 64.0 Å². The standard InChI is InChI=1S/C23H20ClN3O2S/c1-16-7-6-8-17(2)23(16)21-15-22(18-11-13-19(24)14-12-18)27(25-21)26-30(28,29)20-9-4-3-5-10-20/h3-15,26H,1-2H3. The number of rotatable bonds is 5. The number of benzene rings is 3. The molecule has 0 unspecified atom stereocenters. The summed E-state index contributed by atoms with van der Waals surface area (Å²) < 4.78 is 25.9. The zero-order chi connectivity index (χ0) is 21.3. The lowest BCUT2D eigenvalue weighted by molar-refractivity contribution is 0.592. The lowest BCUT2D eigenvalue weighted by atomic mass is 9.99. The maximum Gasteiger partial charge on any atom is 0.276 e. The van der Waals surface area contributed by atoms with Crippen LogP contribution < -0.4 is 4.83 Å². The molecule has 0 atom stereocenters. The Morgan fingerprint density at radius 3 is 2.13 bits per heavy atom. The van der Waals surface area contributed by atoms with Gasteiger partial charge in [0, 0.05) is 16.1 Å². The van der Waals surface area contributed by atoms with Crippen molar-refractivity contribution in [1.29, 1.82) is 0 Å². The molecule has 0 saturated heterocycles. The minimum absolute atomic E-state index is 0.163. The maximum atomic E-state index is 12.9. The Morgan fingerprint density at radius 1 is 0.867 bits per heavy atom. The maximum absolute atomic E-state index is 12.9. The first-order valence-electron chi connectivity index (χ1n) is 9.35. The van der Waals surface area contributed by atoms with Crippen molar-refractivity contribution < 1.29 is 8.42 Å². The van der Waals surface area contributed by atoms with Crippen molar-refractivity contribution in [2.75, 3.05) is 4.83 Å². The second-order valence-electron chi connectivity index (χ2n) is 7.01. The Bertz CT molecular complexity index is 1280. The molecule has 1 aromatic heterocycles. The van der Waals surface area contributed by atoms with Gasteiger partial charge in [-0.15, -0.1) is 0 Å². The van der Waals surface area contributed by atoms with Gasteiger partial charge in [0.15, 0.2) is 0 Å². The predicted octanol–water partition coefficient (Wildman–Crippen LogP) is 5.42. The van der Waals surface area contributed by atoms with E-state index < -0.39 is 10.0 Å². The summed E-state index contributed by atoms with van der Waals surface area (Å²) in [4.78, 5) is 4.07. The highest BCUT2D eigenvalue weighted by molar-refractivity contribution is 7.92. The van der Waals surface area contributed by atoms with Crippen LogP contribution in [0.3, 0.4) is 0 Å². The van der Waals surface area contributed by atoms with Gasteiger partial charge in [-0.1, -0.05) is 60.1 Å². The van der Waals surface area contributed by atoms with E-state index >= 15 is 0 Å². The molecular weight excluding hydrogens is 418 g/mol. The minimum Gasteiger partial charge on any atom is -0.200 e. The fourth-order valence-corrected chi connectivity index (χ4v) is 4.50. The summed E-state index contributed by atoms with van der Waals surface area (Å²) in [5, 5.41) is 5.21. The number of sulfonamides is 1. The van der Waals surface area contributed by atoms with E-state index in [1.54, 1.807) is 42.5 Å². The van der Waals surface area contributed by atoms with Crippen LogP contribution in [0.25, 0.3) is 22.5 Å². The van der Waals surface area contributed by atoms with E-state index in [2.05, 4.69) is 9.93 Å². The first-order valence-corrected chi connectivity index (χ1v) is 11.2. The van der Waals surface area contributed by atoms with Crippen LogP contribution >= 0.6 is 11.6 Å². The molecule has 0 saturated carbocycles. The highest BCUT2D eigenvalue weighted by Gasteiger charge is 2.20. The van der Waals surface area contributed by atoms with Crippen LogP contribution in [0.5, 0.6) is 0 Å². The Hall–Kier alpha value is -3.09. The Kier molecular flexibility index (Phi) is 5.37. The molecule has 4 rings (SSSR count). The number of aryl methyl sites for hydroxylation is 2. The third kappa shape index (κ3) is 3.97. The molecule has 3 aromatic carbocycles. The van der Waals surface area contributed by atoms with Crippen molar-refractivity contribution in [2.45, 2.75) is 18.7 Å². The first-order chi connectivity index (χ1) is 14.3. The highest BCUT2D eigenvalue weighted by atomic mass is 35.5. The molecule has 0 fully saturated rings. The number of aromatic nitrogens is 2. The van der Waals surface area contributed by atoms with Crippen molar-refractivity contribution in [3.05, 3.63) is 95.0 Å². The van der Waals surface area contributed by atoms with Gasteiger partial charge in [-0.25, -0.2) is 0 Å². The lowest BCUT2D eigenvalue weighted by Crippen LogP contribution is -2.25. The van der Waals surface area contributed by atoms with Crippen LogP contribution in [0.15, 0.2) is 83.8 Å². The molecule has 0 radical (unpaired) electrons. The molecular formula is C23H20ClN3O2S. The van der Waals surface area contributed by atoms with Crippen molar-refractivity contribution in [1.82, 2.24) is 9.89 Å². The van der Waals surface area contributed by atoms with Gasteiger partial charge in [-0.2, -0.15) is 23.1 Å². The molecule has 1 N–H and O–H groups in total. The average Bonchev–Trinajstić information content (AvgIpc) is 3.11. The molecule has 152 valence electrons. The lowest BCUT2D eigenvalue weighted by Gasteiger charge is -2.11. The second kappa shape index (κ2) is 7.97. The summed E-state index contributed by atoms with van der Waals surface area (Å²) in [5.74, 6) is 0. The van der Waals surface area contributed by atoms with E-state index in [0.717, 1.165) is 22.3 Å². The molecule has 0 spiro atoms. The minimum atomic E-state index is -3.82. The number of halogens is 1. The summed E-state index contributed by atoms with van der Waals surface area (Å²) in [6, 6.07) is 23.3. The fraction of sp³-hybridized carbons (Fsp3) is 0.0870. The number of nitrogens with one attached hydrogen (secondary N) is 1. The van der Waals surface area contributed by atoms with Crippen molar-refractivity contribution in [3.8, 4) is 22.5 Å². The van der Waals surface area contributed by atoms with Gasteiger partial charge in [0.2, 0.25) is 0 Å². The molecule has 0 amide bonds. The van der Waals surface area contributed by atoms with Gasteiger partial charge in [-0.05, 0) is 55.3 Å². The third-order valence-electron chi connectivity index (χ3n) is 4.85. The molecule has 0 aliphatic heterocycles. The Morgan fingerprint density at radius 2 is 1.50 bits per heavy atom. The summed E-state index contributed by atoms with van der Waals surface area (Å²) in [7, 11) is -3.82. The zero-order valence-corrected chi connectivity index (χ0v) is 18.1. The molecule has 0 aliphatic rings. The molecule has 0 aliphatic carbocycles. The smallest absolute Gasteiger partial charge is 0.200 e. The highest BCUT2D eigenvalue weighted by Crippen LogP contribution is 2.31. The van der Waals surface area contributed by atoms with Crippen molar-refractivity contribution >= 4 is 21.6 Å². The predicted molar refractivity (Wildman–Crippen MR) is 121 cm³/mol. The fourth-order valence-electron chi connectivity index (χ4n) is 3.38. The van der Waals surface area contributed by atoms with Crippen molar-refractivity contribution in [3.63, 3.8) is 0 Å². The molecule has 5 nitrogen and oxygen atoms in total. The van der Waals surface area contributed by atoms with E-state index in [1.165, 1.54) is 4.79 Å². The van der Waals surface area contributed by atoms with Gasteiger partial charge >= 0.3 is 0 Å². The Balaban J connectivity index is 1.86. The van der Waals surface area contributed by atoms with Crippen molar-refractivity contribution in [2.24, 2.45) is 0 Å². The normalized spacial score (nSPS) is 11.4. The van der Waals surface area contributed by atoms with E-state index in [4.69, 9.17) is 11.6 Å². The third-order valence-corrected chi connectivity index (χ3v) is 6.40. The van der Waals surface area contributed by atoms with E-state index in [-0.39, 0.29) is 4.90 Å². The quantitative estimate of drug-likeness (QED) is 0.453. The molecule has 1 heterocycles. The Labute approximate surface area is 181 Å². The van der Waals surface area contributed by atoms with Crippen LogP contribution in [0.1, 0.15) is 11.1 Å². The van der Waals surface area contributed by atoms with Gasteiger partial charge in [0.25, 0.3) is 10.0 Å². The largest absolute Gasteiger partial charge is 0.276 e. The summed E-state index contributed by atoms with van der Waals surface area (Å²) in [6.45, 7) is 4.02. The zero-order valence-electron chi connectivity index (χ0n) is 16.5.